The van der Waals surface area contributed by atoms with Crippen LogP contribution in [-0.4, -0.2) is 16.9 Å². The van der Waals surface area contributed by atoms with E-state index in [2.05, 4.69) is 0 Å². The molecule has 1 aliphatic rings. The molecule has 2 N–H and O–H groups in total. The zero-order valence-corrected chi connectivity index (χ0v) is 14.2. The van der Waals surface area contributed by atoms with Crippen LogP contribution in [0, 0.1) is 5.41 Å². The molecule has 26 heavy (non-hydrogen) atoms. The van der Waals surface area contributed by atoms with Gasteiger partial charge in [0.05, 0.1) is 5.56 Å². The SMILES string of the molecule is N=C(S/C=C/c1ccc2c(c1)OCO2)c1cc2ccc(O)cc2oc1=O. The third kappa shape index (κ3) is 3.16. The van der Waals surface area contributed by atoms with Gasteiger partial charge in [-0.1, -0.05) is 17.8 Å². The van der Waals surface area contributed by atoms with Crippen molar-refractivity contribution in [1.29, 1.82) is 5.41 Å². The van der Waals surface area contributed by atoms with Crippen molar-refractivity contribution in [1.82, 2.24) is 0 Å². The van der Waals surface area contributed by atoms with Crippen molar-refractivity contribution in [3.63, 3.8) is 0 Å². The first-order valence-corrected chi connectivity index (χ1v) is 8.57. The number of hydrogen-bond donors (Lipinski definition) is 2. The first-order valence-electron chi connectivity index (χ1n) is 7.69. The third-order valence-electron chi connectivity index (χ3n) is 3.81. The molecule has 0 bridgehead atoms. The standard InChI is InChI=1S/C19H13NO5S/c20-18(14-8-12-2-3-13(21)9-16(12)25-19(14)22)26-6-5-11-1-4-15-17(7-11)24-10-23-15/h1-9,20-21H,10H2/b6-5+,20-18?. The Hall–Kier alpha value is -3.19. The molecule has 0 aliphatic carbocycles. The number of nitrogens with one attached hydrogen (secondary N) is 1. The van der Waals surface area contributed by atoms with Crippen LogP contribution in [0.2, 0.25) is 0 Å². The molecule has 0 fully saturated rings. The van der Waals surface area contributed by atoms with Crippen molar-refractivity contribution < 1.29 is 19.0 Å². The lowest BCUT2D eigenvalue weighted by molar-refractivity contribution is 0.174. The van der Waals surface area contributed by atoms with Gasteiger partial charge in [0.25, 0.3) is 0 Å². The average molecular weight is 367 g/mol. The number of benzene rings is 2. The molecule has 1 aromatic heterocycles. The van der Waals surface area contributed by atoms with Crippen LogP contribution in [0.4, 0.5) is 0 Å². The largest absolute Gasteiger partial charge is 0.508 e. The van der Waals surface area contributed by atoms with Gasteiger partial charge in [-0.2, -0.15) is 0 Å². The quantitative estimate of drug-likeness (QED) is 0.414. The van der Waals surface area contributed by atoms with E-state index in [0.717, 1.165) is 17.3 Å². The Kier molecular flexibility index (Phi) is 4.14. The second kappa shape index (κ2) is 6.61. The van der Waals surface area contributed by atoms with Gasteiger partial charge < -0.3 is 19.0 Å². The van der Waals surface area contributed by atoms with Crippen molar-refractivity contribution in [2.45, 2.75) is 0 Å². The highest BCUT2D eigenvalue weighted by atomic mass is 32.2. The van der Waals surface area contributed by atoms with Gasteiger partial charge in [-0.25, -0.2) is 4.79 Å². The van der Waals surface area contributed by atoms with Gasteiger partial charge in [0.15, 0.2) is 11.5 Å². The molecule has 0 spiro atoms. The second-order valence-electron chi connectivity index (χ2n) is 5.53. The van der Waals surface area contributed by atoms with Crippen LogP contribution in [0.5, 0.6) is 17.2 Å². The zero-order chi connectivity index (χ0) is 18.1. The van der Waals surface area contributed by atoms with E-state index in [1.807, 2.05) is 24.3 Å². The van der Waals surface area contributed by atoms with E-state index >= 15 is 0 Å². The van der Waals surface area contributed by atoms with Crippen molar-refractivity contribution in [3.8, 4) is 17.2 Å². The first-order chi connectivity index (χ1) is 12.6. The molecule has 7 heteroatoms. The summed E-state index contributed by atoms with van der Waals surface area (Å²) in [7, 11) is 0. The molecule has 0 radical (unpaired) electrons. The Labute approximate surface area is 152 Å². The van der Waals surface area contributed by atoms with E-state index in [-0.39, 0.29) is 28.7 Å². The summed E-state index contributed by atoms with van der Waals surface area (Å²) in [5.41, 5.74) is 0.739. The van der Waals surface area contributed by atoms with Crippen molar-refractivity contribution >= 4 is 33.9 Å². The predicted molar refractivity (Wildman–Crippen MR) is 100 cm³/mol. The van der Waals surface area contributed by atoms with Crippen LogP contribution in [0.25, 0.3) is 17.0 Å². The fraction of sp³-hybridized carbons (Fsp3) is 0.0526. The summed E-state index contributed by atoms with van der Waals surface area (Å²) in [6.07, 6.45) is 1.82. The molecule has 0 amide bonds. The van der Waals surface area contributed by atoms with Gasteiger partial charge in [-0.15, -0.1) is 0 Å². The normalized spacial score (nSPS) is 12.8. The summed E-state index contributed by atoms with van der Waals surface area (Å²) in [5, 5.41) is 20.0. The monoisotopic (exact) mass is 367 g/mol. The van der Waals surface area contributed by atoms with E-state index < -0.39 is 5.63 Å². The summed E-state index contributed by atoms with van der Waals surface area (Å²) in [4.78, 5) is 12.1. The zero-order valence-electron chi connectivity index (χ0n) is 13.4. The number of rotatable bonds is 3. The second-order valence-corrected chi connectivity index (χ2v) is 6.45. The third-order valence-corrected chi connectivity index (χ3v) is 4.53. The highest BCUT2D eigenvalue weighted by Gasteiger charge is 2.13. The summed E-state index contributed by atoms with van der Waals surface area (Å²) in [6.45, 7) is 0.220. The highest BCUT2D eigenvalue weighted by Crippen LogP contribution is 2.33. The van der Waals surface area contributed by atoms with Gasteiger partial charge in [0.2, 0.25) is 6.79 Å². The molecule has 1 aliphatic heterocycles. The Bertz CT molecular complexity index is 1100. The molecule has 0 unspecified atom stereocenters. The molecule has 0 atom stereocenters. The van der Waals surface area contributed by atoms with Gasteiger partial charge in [-0.3, -0.25) is 5.41 Å². The van der Waals surface area contributed by atoms with Gasteiger partial charge in [0.1, 0.15) is 16.4 Å². The van der Waals surface area contributed by atoms with Gasteiger partial charge in [0, 0.05) is 11.5 Å². The number of hydrogen-bond acceptors (Lipinski definition) is 7. The molecule has 0 saturated carbocycles. The average Bonchev–Trinajstić information content (AvgIpc) is 3.08. The molecule has 2 heterocycles. The number of thioether (sulfide) groups is 1. The van der Waals surface area contributed by atoms with E-state index in [4.69, 9.17) is 19.3 Å². The molecule has 3 aromatic rings. The smallest absolute Gasteiger partial charge is 0.346 e. The first kappa shape index (κ1) is 16.3. The van der Waals surface area contributed by atoms with Crippen molar-refractivity contribution in [2.24, 2.45) is 0 Å². The van der Waals surface area contributed by atoms with Crippen LogP contribution in [-0.2, 0) is 0 Å². The molecule has 130 valence electrons. The van der Waals surface area contributed by atoms with E-state index in [9.17, 15) is 9.90 Å². The number of fused-ring (bicyclic) bond motifs is 2. The molecular formula is C19H13NO5S. The maximum Gasteiger partial charge on any atom is 0.346 e. The Morgan fingerprint density at radius 3 is 2.85 bits per heavy atom. The van der Waals surface area contributed by atoms with E-state index in [0.29, 0.717) is 16.9 Å². The van der Waals surface area contributed by atoms with Gasteiger partial charge >= 0.3 is 5.63 Å². The number of phenolic OH excluding ortho intramolecular Hbond substituents is 1. The maximum absolute atomic E-state index is 12.1. The molecular weight excluding hydrogens is 354 g/mol. The number of aromatic hydroxyl groups is 1. The Morgan fingerprint density at radius 1 is 1.12 bits per heavy atom. The maximum atomic E-state index is 12.1. The minimum atomic E-state index is -0.614. The fourth-order valence-electron chi connectivity index (χ4n) is 2.52. The lowest BCUT2D eigenvalue weighted by atomic mass is 10.2. The molecule has 4 rings (SSSR count). The lowest BCUT2D eigenvalue weighted by Gasteiger charge is -2.02. The van der Waals surface area contributed by atoms with Gasteiger partial charge in [-0.05, 0) is 47.4 Å². The predicted octanol–water partition coefficient (Wildman–Crippen LogP) is 3.96. The number of ether oxygens (including phenoxy) is 2. The fourth-order valence-corrected chi connectivity index (χ4v) is 3.15. The minimum Gasteiger partial charge on any atom is -0.508 e. The van der Waals surface area contributed by atoms with Crippen LogP contribution < -0.4 is 15.1 Å². The summed E-state index contributed by atoms with van der Waals surface area (Å²) >= 11 is 1.10. The minimum absolute atomic E-state index is 0.0181. The Balaban J connectivity index is 1.53. The van der Waals surface area contributed by atoms with Crippen LogP contribution in [0.15, 0.2) is 57.1 Å². The van der Waals surface area contributed by atoms with Crippen molar-refractivity contribution in [2.75, 3.05) is 6.79 Å². The van der Waals surface area contributed by atoms with Crippen LogP contribution >= 0.6 is 11.8 Å². The molecule has 6 nitrogen and oxygen atoms in total. The summed E-state index contributed by atoms with van der Waals surface area (Å²) in [5.74, 6) is 1.41. The van der Waals surface area contributed by atoms with Crippen LogP contribution in [0.3, 0.4) is 0 Å². The van der Waals surface area contributed by atoms with E-state index in [1.165, 1.54) is 12.1 Å². The summed E-state index contributed by atoms with van der Waals surface area (Å²) in [6, 6.07) is 11.7. The molecule has 0 saturated heterocycles. The van der Waals surface area contributed by atoms with Crippen LogP contribution in [0.1, 0.15) is 11.1 Å². The lowest BCUT2D eigenvalue weighted by Crippen LogP contribution is -2.10. The highest BCUT2D eigenvalue weighted by molar-refractivity contribution is 8.16. The molecule has 2 aromatic carbocycles. The van der Waals surface area contributed by atoms with Crippen molar-refractivity contribution in [3.05, 3.63) is 69.4 Å². The summed E-state index contributed by atoms with van der Waals surface area (Å²) < 4.78 is 15.8. The Morgan fingerprint density at radius 2 is 1.96 bits per heavy atom. The number of phenols is 1. The van der Waals surface area contributed by atoms with E-state index in [1.54, 1.807) is 17.5 Å². The topological polar surface area (TPSA) is 92.8 Å².